The van der Waals surface area contributed by atoms with Crippen LogP contribution in [-0.2, 0) is 9.47 Å². The van der Waals surface area contributed by atoms with Crippen LogP contribution in [-0.4, -0.2) is 67.2 Å². The van der Waals surface area contributed by atoms with E-state index >= 15 is 0 Å². The Hall–Kier alpha value is -1.77. The van der Waals surface area contributed by atoms with Crippen LogP contribution in [0, 0.1) is 10.1 Å². The second kappa shape index (κ2) is 8.50. The fraction of sp³-hybridized carbons (Fsp3) is 0.615. The van der Waals surface area contributed by atoms with Gasteiger partial charge in [-0.15, -0.1) is 0 Å². The lowest BCUT2D eigenvalue weighted by atomic mass is 10.2. The SMILES string of the molecule is COCCN(CC(=O)c1cc([N+](=O)[O-])c[nH]1)C(C)COC. The molecule has 0 bridgehead atoms. The molecule has 0 saturated heterocycles. The van der Waals surface area contributed by atoms with Gasteiger partial charge in [-0.05, 0) is 6.92 Å². The minimum absolute atomic E-state index is 0.0408. The van der Waals surface area contributed by atoms with Crippen LogP contribution in [0.15, 0.2) is 12.3 Å². The fourth-order valence-corrected chi connectivity index (χ4v) is 1.93. The predicted octanol–water partition coefficient (Wildman–Crippen LogP) is 1.09. The van der Waals surface area contributed by atoms with Crippen molar-refractivity contribution in [3.63, 3.8) is 0 Å². The average Bonchev–Trinajstić information content (AvgIpc) is 2.93. The first-order valence-electron chi connectivity index (χ1n) is 6.57. The van der Waals surface area contributed by atoms with E-state index < -0.39 is 4.92 Å². The first-order valence-corrected chi connectivity index (χ1v) is 6.57. The van der Waals surface area contributed by atoms with Crippen molar-refractivity contribution in [2.75, 3.05) is 40.5 Å². The Kier molecular flexibility index (Phi) is 7.00. The topological polar surface area (TPSA) is 97.7 Å². The monoisotopic (exact) mass is 299 g/mol. The molecule has 0 saturated carbocycles. The molecular formula is C13H21N3O5. The summed E-state index contributed by atoms with van der Waals surface area (Å²) in [6.45, 7) is 3.65. The Bertz CT molecular complexity index is 474. The molecule has 0 aliphatic carbocycles. The lowest BCUT2D eigenvalue weighted by Gasteiger charge is -2.27. The second-order valence-electron chi connectivity index (χ2n) is 4.72. The molecule has 0 spiro atoms. The molecule has 21 heavy (non-hydrogen) atoms. The maximum Gasteiger partial charge on any atom is 0.287 e. The molecule has 0 aromatic carbocycles. The van der Waals surface area contributed by atoms with Crippen LogP contribution in [0.4, 0.5) is 5.69 Å². The Morgan fingerprint density at radius 3 is 2.71 bits per heavy atom. The Morgan fingerprint density at radius 1 is 1.48 bits per heavy atom. The van der Waals surface area contributed by atoms with Gasteiger partial charge < -0.3 is 14.5 Å². The minimum atomic E-state index is -0.538. The largest absolute Gasteiger partial charge is 0.383 e. The summed E-state index contributed by atoms with van der Waals surface area (Å²) in [5.41, 5.74) is 0.112. The number of nitrogens with one attached hydrogen (secondary N) is 1. The number of nitro groups is 1. The standard InChI is InChI=1S/C13H21N3O5/c1-10(9-21-3)15(4-5-20-2)8-13(17)12-6-11(7-14-12)16(18)19/h6-7,10,14H,4-5,8-9H2,1-3H3. The average molecular weight is 299 g/mol. The summed E-state index contributed by atoms with van der Waals surface area (Å²) in [4.78, 5) is 26.8. The van der Waals surface area contributed by atoms with Gasteiger partial charge in [0.05, 0.1) is 36.6 Å². The van der Waals surface area contributed by atoms with E-state index in [1.165, 1.54) is 12.3 Å². The molecule has 1 unspecified atom stereocenters. The number of Topliss-reactive ketones (excluding diaryl/α,β-unsaturated/α-hetero) is 1. The van der Waals surface area contributed by atoms with E-state index in [-0.39, 0.29) is 29.8 Å². The lowest BCUT2D eigenvalue weighted by Crippen LogP contribution is -2.41. The first kappa shape index (κ1) is 17.3. The van der Waals surface area contributed by atoms with Crippen LogP contribution in [0.2, 0.25) is 0 Å². The van der Waals surface area contributed by atoms with E-state index in [0.717, 1.165) is 0 Å². The van der Waals surface area contributed by atoms with Crippen LogP contribution in [0.5, 0.6) is 0 Å². The Labute approximate surface area is 123 Å². The normalized spacial score (nSPS) is 12.6. The van der Waals surface area contributed by atoms with Gasteiger partial charge in [-0.1, -0.05) is 0 Å². The molecule has 1 N–H and O–H groups in total. The van der Waals surface area contributed by atoms with Crippen molar-refractivity contribution < 1.29 is 19.2 Å². The van der Waals surface area contributed by atoms with E-state index in [2.05, 4.69) is 4.98 Å². The summed E-state index contributed by atoms with van der Waals surface area (Å²) in [6.07, 6.45) is 1.21. The second-order valence-corrected chi connectivity index (χ2v) is 4.72. The highest BCUT2D eigenvalue weighted by molar-refractivity contribution is 5.96. The van der Waals surface area contributed by atoms with Crippen molar-refractivity contribution in [3.8, 4) is 0 Å². The number of carbonyl (C=O) groups excluding carboxylic acids is 1. The maximum atomic E-state index is 12.2. The maximum absolute atomic E-state index is 12.2. The number of nitrogens with zero attached hydrogens (tertiary/aromatic N) is 2. The number of carbonyl (C=O) groups is 1. The smallest absolute Gasteiger partial charge is 0.287 e. The summed E-state index contributed by atoms with van der Waals surface area (Å²) >= 11 is 0. The van der Waals surface area contributed by atoms with Crippen molar-refractivity contribution in [3.05, 3.63) is 28.1 Å². The number of hydrogen-bond donors (Lipinski definition) is 1. The van der Waals surface area contributed by atoms with Crippen LogP contribution < -0.4 is 0 Å². The highest BCUT2D eigenvalue weighted by Crippen LogP contribution is 2.13. The number of ether oxygens (including phenoxy) is 2. The fourth-order valence-electron chi connectivity index (χ4n) is 1.93. The third-order valence-electron chi connectivity index (χ3n) is 3.14. The third-order valence-corrected chi connectivity index (χ3v) is 3.14. The molecule has 1 aromatic heterocycles. The van der Waals surface area contributed by atoms with Gasteiger partial charge >= 0.3 is 0 Å². The summed E-state index contributed by atoms with van der Waals surface area (Å²) in [6, 6.07) is 1.29. The van der Waals surface area contributed by atoms with E-state index in [0.29, 0.717) is 19.8 Å². The zero-order valence-corrected chi connectivity index (χ0v) is 12.5. The van der Waals surface area contributed by atoms with Gasteiger partial charge in [0.25, 0.3) is 5.69 Å². The highest BCUT2D eigenvalue weighted by Gasteiger charge is 2.20. The Balaban J connectivity index is 2.71. The molecule has 8 nitrogen and oxygen atoms in total. The zero-order chi connectivity index (χ0) is 15.8. The molecule has 1 heterocycles. The van der Waals surface area contributed by atoms with Gasteiger partial charge in [-0.3, -0.25) is 19.8 Å². The lowest BCUT2D eigenvalue weighted by molar-refractivity contribution is -0.384. The van der Waals surface area contributed by atoms with Crippen molar-refractivity contribution >= 4 is 11.5 Å². The van der Waals surface area contributed by atoms with E-state index in [1.807, 2.05) is 11.8 Å². The van der Waals surface area contributed by atoms with Gasteiger partial charge in [0.1, 0.15) is 0 Å². The predicted molar refractivity (Wildman–Crippen MR) is 76.6 cm³/mol. The molecule has 0 fully saturated rings. The van der Waals surface area contributed by atoms with Crippen LogP contribution in [0.3, 0.4) is 0 Å². The first-order chi connectivity index (χ1) is 9.99. The molecule has 0 amide bonds. The van der Waals surface area contributed by atoms with E-state index in [1.54, 1.807) is 14.2 Å². The third kappa shape index (κ3) is 5.25. The summed E-state index contributed by atoms with van der Waals surface area (Å²) in [5, 5.41) is 10.6. The molecule has 0 aliphatic heterocycles. The number of aromatic nitrogens is 1. The van der Waals surface area contributed by atoms with Gasteiger partial charge in [-0.25, -0.2) is 0 Å². The van der Waals surface area contributed by atoms with Gasteiger partial charge in [0.15, 0.2) is 5.78 Å². The van der Waals surface area contributed by atoms with E-state index in [4.69, 9.17) is 9.47 Å². The molecule has 8 heteroatoms. The minimum Gasteiger partial charge on any atom is -0.383 e. The molecule has 1 aromatic rings. The van der Waals surface area contributed by atoms with Crippen LogP contribution >= 0.6 is 0 Å². The number of rotatable bonds is 10. The summed E-state index contributed by atoms with van der Waals surface area (Å²) < 4.78 is 10.1. The molecule has 1 rings (SSSR count). The number of H-pyrrole nitrogens is 1. The summed E-state index contributed by atoms with van der Waals surface area (Å²) in [5.74, 6) is -0.206. The molecule has 1 atom stereocenters. The van der Waals surface area contributed by atoms with Crippen LogP contribution in [0.25, 0.3) is 0 Å². The van der Waals surface area contributed by atoms with Crippen molar-refractivity contribution in [2.45, 2.75) is 13.0 Å². The van der Waals surface area contributed by atoms with Gasteiger partial charge in [0, 0.05) is 32.9 Å². The molecule has 0 aliphatic rings. The van der Waals surface area contributed by atoms with Crippen molar-refractivity contribution in [1.82, 2.24) is 9.88 Å². The molecule has 0 radical (unpaired) electrons. The number of aromatic amines is 1. The zero-order valence-electron chi connectivity index (χ0n) is 12.5. The Morgan fingerprint density at radius 2 is 2.19 bits per heavy atom. The van der Waals surface area contributed by atoms with E-state index in [9.17, 15) is 14.9 Å². The van der Waals surface area contributed by atoms with Gasteiger partial charge in [0.2, 0.25) is 0 Å². The quantitative estimate of drug-likeness (QED) is 0.394. The number of methoxy groups -OCH3 is 2. The number of ketones is 1. The van der Waals surface area contributed by atoms with Gasteiger partial charge in [-0.2, -0.15) is 0 Å². The molecule has 118 valence electrons. The number of hydrogen-bond acceptors (Lipinski definition) is 6. The summed E-state index contributed by atoms with van der Waals surface area (Å²) in [7, 11) is 3.19. The van der Waals surface area contributed by atoms with Crippen molar-refractivity contribution in [2.24, 2.45) is 0 Å². The van der Waals surface area contributed by atoms with Crippen LogP contribution in [0.1, 0.15) is 17.4 Å². The molecular weight excluding hydrogens is 278 g/mol. The van der Waals surface area contributed by atoms with Crippen molar-refractivity contribution in [1.29, 1.82) is 0 Å². The highest BCUT2D eigenvalue weighted by atomic mass is 16.6.